The van der Waals surface area contributed by atoms with E-state index in [0.717, 1.165) is 25.3 Å². The highest BCUT2D eigenvalue weighted by Crippen LogP contribution is 2.14. The van der Waals surface area contributed by atoms with Gasteiger partial charge in [-0.1, -0.05) is 12.1 Å². The number of unbranched alkanes of at least 4 members (excludes halogenated alkanes) is 1. The number of rotatable bonds is 7. The summed E-state index contributed by atoms with van der Waals surface area (Å²) in [6.45, 7) is 3.86. The number of benzene rings is 1. The van der Waals surface area contributed by atoms with Gasteiger partial charge in [-0.05, 0) is 57.5 Å². The van der Waals surface area contributed by atoms with E-state index in [2.05, 4.69) is 23.5 Å². The molecule has 0 saturated heterocycles. The summed E-state index contributed by atoms with van der Waals surface area (Å²) in [5.41, 5.74) is 1.37. The summed E-state index contributed by atoms with van der Waals surface area (Å²) < 4.78 is 5.46. The molecule has 15 heavy (non-hydrogen) atoms. The van der Waals surface area contributed by atoms with Crippen LogP contribution in [-0.2, 0) is 6.42 Å². The molecule has 2 heteroatoms. The molecule has 0 unspecified atom stereocenters. The second kappa shape index (κ2) is 7.30. The lowest BCUT2D eigenvalue weighted by Crippen LogP contribution is -2.07. The van der Waals surface area contributed by atoms with Crippen LogP contribution < -0.4 is 10.1 Å². The first-order valence-corrected chi connectivity index (χ1v) is 5.73. The van der Waals surface area contributed by atoms with E-state index in [-0.39, 0.29) is 0 Å². The fourth-order valence-corrected chi connectivity index (χ4v) is 1.59. The topological polar surface area (TPSA) is 21.3 Å². The summed E-state index contributed by atoms with van der Waals surface area (Å²) in [7, 11) is 2.00. The van der Waals surface area contributed by atoms with Crippen LogP contribution in [0.3, 0.4) is 0 Å². The minimum absolute atomic E-state index is 0.739. The van der Waals surface area contributed by atoms with Crippen LogP contribution in [0.5, 0.6) is 5.75 Å². The summed E-state index contributed by atoms with van der Waals surface area (Å²) in [5.74, 6) is 0.989. The zero-order valence-electron chi connectivity index (χ0n) is 9.75. The standard InChI is InChI=1S/C13H21NO/c1-3-15-13-9-6-8-12(11-13)7-4-5-10-14-2/h6,8-9,11,14H,3-5,7,10H2,1-2H3. The van der Waals surface area contributed by atoms with Gasteiger partial charge in [0.15, 0.2) is 0 Å². The molecule has 84 valence electrons. The Labute approximate surface area is 92.6 Å². The Morgan fingerprint density at radius 3 is 2.87 bits per heavy atom. The van der Waals surface area contributed by atoms with Crippen LogP contribution in [0.4, 0.5) is 0 Å². The highest BCUT2D eigenvalue weighted by atomic mass is 16.5. The third-order valence-electron chi connectivity index (χ3n) is 2.35. The normalized spacial score (nSPS) is 10.3. The van der Waals surface area contributed by atoms with E-state index in [1.54, 1.807) is 0 Å². The molecule has 0 radical (unpaired) electrons. The van der Waals surface area contributed by atoms with Crippen molar-refractivity contribution < 1.29 is 4.74 Å². The largest absolute Gasteiger partial charge is 0.494 e. The van der Waals surface area contributed by atoms with Crippen LogP contribution in [0.25, 0.3) is 0 Å². The second-order valence-electron chi connectivity index (χ2n) is 3.64. The molecular formula is C13H21NO. The smallest absolute Gasteiger partial charge is 0.119 e. The maximum atomic E-state index is 5.46. The van der Waals surface area contributed by atoms with Gasteiger partial charge in [-0.3, -0.25) is 0 Å². The molecule has 0 saturated carbocycles. The Hall–Kier alpha value is -1.02. The highest BCUT2D eigenvalue weighted by molar-refractivity contribution is 5.28. The molecule has 1 N–H and O–H groups in total. The molecule has 0 amide bonds. The number of aryl methyl sites for hydroxylation is 1. The molecule has 0 fully saturated rings. The summed E-state index contributed by atoms with van der Waals surface area (Å²) in [6.07, 6.45) is 3.61. The van der Waals surface area contributed by atoms with E-state index in [0.29, 0.717) is 0 Å². The van der Waals surface area contributed by atoms with Gasteiger partial charge in [-0.15, -0.1) is 0 Å². The Morgan fingerprint density at radius 1 is 1.27 bits per heavy atom. The fourth-order valence-electron chi connectivity index (χ4n) is 1.59. The molecule has 0 aromatic heterocycles. The van der Waals surface area contributed by atoms with Crippen LogP contribution >= 0.6 is 0 Å². The number of ether oxygens (including phenoxy) is 1. The molecule has 1 rings (SSSR count). The lowest BCUT2D eigenvalue weighted by Gasteiger charge is -2.05. The van der Waals surface area contributed by atoms with Crippen molar-refractivity contribution in [2.45, 2.75) is 26.2 Å². The zero-order valence-corrected chi connectivity index (χ0v) is 9.75. The molecular weight excluding hydrogens is 186 g/mol. The van der Waals surface area contributed by atoms with E-state index in [9.17, 15) is 0 Å². The Kier molecular flexibility index (Phi) is 5.86. The van der Waals surface area contributed by atoms with E-state index < -0.39 is 0 Å². The van der Waals surface area contributed by atoms with Gasteiger partial charge in [0.25, 0.3) is 0 Å². The van der Waals surface area contributed by atoms with Gasteiger partial charge < -0.3 is 10.1 Å². The molecule has 1 aromatic carbocycles. The maximum absolute atomic E-state index is 5.46. The minimum atomic E-state index is 0.739. The molecule has 0 bridgehead atoms. The molecule has 0 atom stereocenters. The average Bonchev–Trinajstić information content (AvgIpc) is 2.26. The molecule has 0 aliphatic carbocycles. The maximum Gasteiger partial charge on any atom is 0.119 e. The average molecular weight is 207 g/mol. The zero-order chi connectivity index (χ0) is 10.9. The third-order valence-corrected chi connectivity index (χ3v) is 2.35. The minimum Gasteiger partial charge on any atom is -0.494 e. The highest BCUT2D eigenvalue weighted by Gasteiger charge is 1.96. The van der Waals surface area contributed by atoms with E-state index in [1.165, 1.54) is 18.4 Å². The van der Waals surface area contributed by atoms with Crippen LogP contribution in [-0.4, -0.2) is 20.2 Å². The SMILES string of the molecule is CCOc1cccc(CCCCNC)c1. The second-order valence-corrected chi connectivity index (χ2v) is 3.64. The number of nitrogens with one attached hydrogen (secondary N) is 1. The van der Waals surface area contributed by atoms with Gasteiger partial charge in [0.2, 0.25) is 0 Å². The summed E-state index contributed by atoms with van der Waals surface area (Å²) in [4.78, 5) is 0. The monoisotopic (exact) mass is 207 g/mol. The van der Waals surface area contributed by atoms with Crippen molar-refractivity contribution in [3.05, 3.63) is 29.8 Å². The number of hydrogen-bond acceptors (Lipinski definition) is 2. The first kappa shape index (κ1) is 12.1. The Morgan fingerprint density at radius 2 is 2.13 bits per heavy atom. The first-order valence-electron chi connectivity index (χ1n) is 5.73. The molecule has 0 spiro atoms. The molecule has 1 aromatic rings. The van der Waals surface area contributed by atoms with Crippen molar-refractivity contribution >= 4 is 0 Å². The van der Waals surface area contributed by atoms with Crippen molar-refractivity contribution in [2.75, 3.05) is 20.2 Å². The van der Waals surface area contributed by atoms with Crippen molar-refractivity contribution in [3.63, 3.8) is 0 Å². The van der Waals surface area contributed by atoms with Crippen molar-refractivity contribution in [1.29, 1.82) is 0 Å². The van der Waals surface area contributed by atoms with Gasteiger partial charge in [-0.25, -0.2) is 0 Å². The summed E-state index contributed by atoms with van der Waals surface area (Å²) in [5, 5.41) is 3.16. The predicted octanol–water partition coefficient (Wildman–Crippen LogP) is 2.63. The third kappa shape index (κ3) is 4.84. The lowest BCUT2D eigenvalue weighted by molar-refractivity contribution is 0.340. The van der Waals surface area contributed by atoms with Crippen molar-refractivity contribution in [2.24, 2.45) is 0 Å². The van der Waals surface area contributed by atoms with Gasteiger partial charge in [0.05, 0.1) is 6.61 Å². The first-order chi connectivity index (χ1) is 7.36. The van der Waals surface area contributed by atoms with Gasteiger partial charge >= 0.3 is 0 Å². The van der Waals surface area contributed by atoms with Gasteiger partial charge in [-0.2, -0.15) is 0 Å². The van der Waals surface area contributed by atoms with E-state index in [1.807, 2.05) is 20.0 Å². The molecule has 0 heterocycles. The molecule has 0 aliphatic rings. The predicted molar refractivity (Wildman–Crippen MR) is 64.5 cm³/mol. The van der Waals surface area contributed by atoms with Crippen LogP contribution in [0.1, 0.15) is 25.3 Å². The Balaban J connectivity index is 2.36. The fraction of sp³-hybridized carbons (Fsp3) is 0.538. The number of hydrogen-bond donors (Lipinski definition) is 1. The quantitative estimate of drug-likeness (QED) is 0.694. The molecule has 2 nitrogen and oxygen atoms in total. The van der Waals surface area contributed by atoms with E-state index >= 15 is 0 Å². The Bertz CT molecular complexity index is 273. The van der Waals surface area contributed by atoms with Crippen LogP contribution in [0.15, 0.2) is 24.3 Å². The van der Waals surface area contributed by atoms with Gasteiger partial charge in [0.1, 0.15) is 5.75 Å². The summed E-state index contributed by atoms with van der Waals surface area (Å²) in [6, 6.07) is 8.39. The summed E-state index contributed by atoms with van der Waals surface area (Å²) >= 11 is 0. The van der Waals surface area contributed by atoms with Crippen LogP contribution in [0.2, 0.25) is 0 Å². The van der Waals surface area contributed by atoms with Crippen molar-refractivity contribution in [1.82, 2.24) is 5.32 Å². The van der Waals surface area contributed by atoms with Gasteiger partial charge in [0, 0.05) is 0 Å². The van der Waals surface area contributed by atoms with Crippen molar-refractivity contribution in [3.8, 4) is 5.75 Å². The lowest BCUT2D eigenvalue weighted by atomic mass is 10.1. The molecule has 0 aliphatic heterocycles. The van der Waals surface area contributed by atoms with E-state index in [4.69, 9.17) is 4.74 Å². The van der Waals surface area contributed by atoms with Crippen LogP contribution in [0, 0.1) is 0 Å².